The molecule has 0 aliphatic carbocycles. The van der Waals surface area contributed by atoms with Gasteiger partial charge < -0.3 is 14.2 Å². The molecule has 0 radical (unpaired) electrons. The van der Waals surface area contributed by atoms with Crippen molar-refractivity contribution in [1.29, 1.82) is 0 Å². The molecule has 1 aromatic carbocycles. The van der Waals surface area contributed by atoms with Gasteiger partial charge in [-0.05, 0) is 25.1 Å². The summed E-state index contributed by atoms with van der Waals surface area (Å²) >= 11 is 0. The van der Waals surface area contributed by atoms with Crippen molar-refractivity contribution in [2.45, 2.75) is 13.5 Å². The lowest BCUT2D eigenvalue weighted by Gasteiger charge is -2.17. The van der Waals surface area contributed by atoms with Crippen LogP contribution in [0.1, 0.15) is 22.8 Å². The molecule has 0 spiro atoms. The number of benzene rings is 1. The number of carbonyl (C=O) groups is 2. The second kappa shape index (κ2) is 4.97. The molecule has 0 unspecified atom stereocenters. The first-order valence-corrected chi connectivity index (χ1v) is 5.27. The first-order chi connectivity index (χ1) is 8.22. The summed E-state index contributed by atoms with van der Waals surface area (Å²) in [6.45, 7) is 2.42. The predicted molar refractivity (Wildman–Crippen MR) is 57.7 cm³/mol. The summed E-state index contributed by atoms with van der Waals surface area (Å²) < 4.78 is 15.0. The third-order valence-electron chi connectivity index (χ3n) is 2.34. The highest BCUT2D eigenvalue weighted by molar-refractivity contribution is 6.40. The van der Waals surface area contributed by atoms with Gasteiger partial charge in [0.05, 0.1) is 13.2 Å². The number of hydrogen-bond acceptors (Lipinski definition) is 5. The van der Waals surface area contributed by atoms with Crippen LogP contribution in [0.3, 0.4) is 0 Å². The number of fused-ring (bicyclic) bond motifs is 1. The van der Waals surface area contributed by atoms with Crippen LogP contribution in [0, 0.1) is 0 Å². The molecule has 17 heavy (non-hydrogen) atoms. The van der Waals surface area contributed by atoms with E-state index in [0.717, 1.165) is 5.56 Å². The van der Waals surface area contributed by atoms with E-state index in [1.54, 1.807) is 25.1 Å². The van der Waals surface area contributed by atoms with Crippen LogP contribution in [0.25, 0.3) is 0 Å². The van der Waals surface area contributed by atoms with Crippen molar-refractivity contribution in [3.05, 3.63) is 29.3 Å². The molecule has 2 rings (SSSR count). The van der Waals surface area contributed by atoms with E-state index in [4.69, 9.17) is 9.47 Å². The van der Waals surface area contributed by atoms with Crippen molar-refractivity contribution in [2.24, 2.45) is 0 Å². The van der Waals surface area contributed by atoms with Gasteiger partial charge in [0.1, 0.15) is 5.75 Å². The maximum Gasteiger partial charge on any atom is 0.379 e. The fourth-order valence-electron chi connectivity index (χ4n) is 1.55. The summed E-state index contributed by atoms with van der Waals surface area (Å²) in [5.74, 6) is -0.818. The standard InChI is InChI=1S/C12H12O5/c1-2-16-12(14)11(13)8-3-4-10-9(5-8)6-15-7-17-10/h3-5H,2,6-7H2,1H3. The van der Waals surface area contributed by atoms with Crippen LogP contribution in [-0.2, 0) is 20.9 Å². The van der Waals surface area contributed by atoms with Gasteiger partial charge in [-0.25, -0.2) is 4.79 Å². The molecular weight excluding hydrogens is 224 g/mol. The summed E-state index contributed by atoms with van der Waals surface area (Å²) in [7, 11) is 0. The number of carbonyl (C=O) groups excluding carboxylic acids is 2. The predicted octanol–water partition coefficient (Wildman–Crippen LogP) is 1.30. The van der Waals surface area contributed by atoms with Gasteiger partial charge in [-0.1, -0.05) is 0 Å². The zero-order chi connectivity index (χ0) is 12.3. The smallest absolute Gasteiger partial charge is 0.379 e. The normalized spacial score (nSPS) is 13.5. The lowest BCUT2D eigenvalue weighted by Crippen LogP contribution is -2.18. The lowest BCUT2D eigenvalue weighted by atomic mass is 10.1. The summed E-state index contributed by atoms with van der Waals surface area (Å²) in [4.78, 5) is 22.9. The Bertz CT molecular complexity index is 452. The molecule has 0 saturated heterocycles. The van der Waals surface area contributed by atoms with Gasteiger partial charge in [-0.3, -0.25) is 4.79 Å². The number of Topliss-reactive ketones (excluding diaryl/α,β-unsaturated/α-hetero) is 1. The van der Waals surface area contributed by atoms with Gasteiger partial charge in [0.2, 0.25) is 0 Å². The van der Waals surface area contributed by atoms with E-state index in [0.29, 0.717) is 12.4 Å². The van der Waals surface area contributed by atoms with Gasteiger partial charge in [-0.15, -0.1) is 0 Å². The minimum absolute atomic E-state index is 0.182. The highest BCUT2D eigenvalue weighted by Crippen LogP contribution is 2.24. The Morgan fingerprint density at radius 3 is 3.00 bits per heavy atom. The molecule has 0 aromatic heterocycles. The molecule has 0 atom stereocenters. The Balaban J connectivity index is 2.22. The molecule has 5 nitrogen and oxygen atoms in total. The van der Waals surface area contributed by atoms with Crippen LogP contribution in [0.5, 0.6) is 5.75 Å². The number of hydrogen-bond donors (Lipinski definition) is 0. The van der Waals surface area contributed by atoms with Gasteiger partial charge >= 0.3 is 5.97 Å². The van der Waals surface area contributed by atoms with Crippen molar-refractivity contribution >= 4 is 11.8 Å². The zero-order valence-corrected chi connectivity index (χ0v) is 9.39. The molecule has 0 N–H and O–H groups in total. The molecule has 1 aliphatic rings. The van der Waals surface area contributed by atoms with Crippen molar-refractivity contribution < 1.29 is 23.8 Å². The maximum absolute atomic E-state index is 11.7. The minimum Gasteiger partial charge on any atom is -0.467 e. The van der Waals surface area contributed by atoms with Crippen molar-refractivity contribution in [2.75, 3.05) is 13.4 Å². The van der Waals surface area contributed by atoms with Crippen molar-refractivity contribution in [3.8, 4) is 5.75 Å². The monoisotopic (exact) mass is 236 g/mol. The average Bonchev–Trinajstić information content (AvgIpc) is 2.37. The highest BCUT2D eigenvalue weighted by atomic mass is 16.7. The third-order valence-corrected chi connectivity index (χ3v) is 2.34. The number of ether oxygens (including phenoxy) is 3. The molecule has 1 aliphatic heterocycles. The van der Waals surface area contributed by atoms with E-state index in [1.807, 2.05) is 0 Å². The molecule has 0 amide bonds. The fourth-order valence-corrected chi connectivity index (χ4v) is 1.55. The van der Waals surface area contributed by atoms with Crippen LogP contribution < -0.4 is 4.74 Å². The Hall–Kier alpha value is -1.88. The average molecular weight is 236 g/mol. The topological polar surface area (TPSA) is 61.8 Å². The van der Waals surface area contributed by atoms with Crippen LogP contribution >= 0.6 is 0 Å². The van der Waals surface area contributed by atoms with E-state index in [2.05, 4.69) is 4.74 Å². The van der Waals surface area contributed by atoms with Gasteiger partial charge in [0.15, 0.2) is 6.79 Å². The SMILES string of the molecule is CCOC(=O)C(=O)c1ccc2c(c1)COCO2. The number of esters is 1. The number of rotatable bonds is 3. The Kier molecular flexibility index (Phi) is 3.39. The Labute approximate surface area is 98.3 Å². The van der Waals surface area contributed by atoms with Crippen LogP contribution in [0.15, 0.2) is 18.2 Å². The largest absolute Gasteiger partial charge is 0.467 e. The first kappa shape index (κ1) is 11.6. The third kappa shape index (κ3) is 2.45. The molecule has 0 saturated carbocycles. The fraction of sp³-hybridized carbons (Fsp3) is 0.333. The van der Waals surface area contributed by atoms with Crippen LogP contribution in [-0.4, -0.2) is 25.2 Å². The van der Waals surface area contributed by atoms with Gasteiger partial charge in [-0.2, -0.15) is 0 Å². The summed E-state index contributed by atoms with van der Waals surface area (Å²) in [5, 5.41) is 0. The zero-order valence-electron chi connectivity index (χ0n) is 9.39. The molecule has 0 bridgehead atoms. The summed E-state index contributed by atoms with van der Waals surface area (Å²) in [6, 6.07) is 4.79. The molecule has 1 aromatic rings. The molecule has 5 heteroatoms. The molecule has 90 valence electrons. The van der Waals surface area contributed by atoms with Crippen molar-refractivity contribution in [3.63, 3.8) is 0 Å². The van der Waals surface area contributed by atoms with E-state index in [1.165, 1.54) is 0 Å². The minimum atomic E-state index is -0.843. The van der Waals surface area contributed by atoms with E-state index >= 15 is 0 Å². The molecule has 1 heterocycles. The van der Waals surface area contributed by atoms with E-state index in [9.17, 15) is 9.59 Å². The second-order valence-electron chi connectivity index (χ2n) is 3.48. The molecular formula is C12H12O5. The quantitative estimate of drug-likeness (QED) is 0.449. The highest BCUT2D eigenvalue weighted by Gasteiger charge is 2.20. The van der Waals surface area contributed by atoms with Crippen LogP contribution in [0.2, 0.25) is 0 Å². The Morgan fingerprint density at radius 1 is 1.41 bits per heavy atom. The van der Waals surface area contributed by atoms with Gasteiger partial charge in [0.25, 0.3) is 5.78 Å². The number of ketones is 1. The summed E-state index contributed by atoms with van der Waals surface area (Å²) in [5.41, 5.74) is 1.04. The molecule has 0 fully saturated rings. The van der Waals surface area contributed by atoms with Crippen molar-refractivity contribution in [1.82, 2.24) is 0 Å². The maximum atomic E-state index is 11.7. The van der Waals surface area contributed by atoms with Crippen LogP contribution in [0.4, 0.5) is 0 Å². The van der Waals surface area contributed by atoms with Gasteiger partial charge in [0, 0.05) is 11.1 Å². The lowest BCUT2D eigenvalue weighted by molar-refractivity contribution is -0.137. The van der Waals surface area contributed by atoms with E-state index in [-0.39, 0.29) is 19.0 Å². The van der Waals surface area contributed by atoms with E-state index < -0.39 is 11.8 Å². The first-order valence-electron chi connectivity index (χ1n) is 5.27. The second-order valence-corrected chi connectivity index (χ2v) is 3.48. The Morgan fingerprint density at radius 2 is 2.24 bits per heavy atom. The summed E-state index contributed by atoms with van der Waals surface area (Å²) in [6.07, 6.45) is 0.